The van der Waals surface area contributed by atoms with Crippen molar-refractivity contribution < 1.29 is 19.1 Å². The fourth-order valence-electron chi connectivity index (χ4n) is 0.953. The van der Waals surface area contributed by atoms with E-state index in [0.29, 0.717) is 0 Å². The lowest BCUT2D eigenvalue weighted by Crippen LogP contribution is -2.26. The molecular weight excluding hydrogens is 269 g/mol. The van der Waals surface area contributed by atoms with Crippen LogP contribution in [0.15, 0.2) is 16.6 Å². The van der Waals surface area contributed by atoms with E-state index in [1.165, 1.54) is 20.2 Å². The Kier molecular flexibility index (Phi) is 3.65. The molecular formula is C9H9BrFNO3. The standard InChI is InChI=1S/C9H9BrFNO3/c1-12(15-2)9(14)5-3-6(10)8(13)4-7(5)11/h3-4,13H,1-2H3. The quantitative estimate of drug-likeness (QED) is 0.841. The summed E-state index contributed by atoms with van der Waals surface area (Å²) in [5.41, 5.74) is -0.177. The zero-order valence-corrected chi connectivity index (χ0v) is 9.71. The number of halogens is 2. The van der Waals surface area contributed by atoms with Crippen LogP contribution in [-0.2, 0) is 4.84 Å². The van der Waals surface area contributed by atoms with E-state index in [4.69, 9.17) is 5.11 Å². The Morgan fingerprint density at radius 2 is 2.20 bits per heavy atom. The average Bonchev–Trinajstić information content (AvgIpc) is 2.21. The molecule has 0 radical (unpaired) electrons. The van der Waals surface area contributed by atoms with Crippen LogP contribution in [0.2, 0.25) is 0 Å². The van der Waals surface area contributed by atoms with Crippen molar-refractivity contribution in [1.82, 2.24) is 5.06 Å². The van der Waals surface area contributed by atoms with Gasteiger partial charge in [-0.1, -0.05) is 0 Å². The van der Waals surface area contributed by atoms with Gasteiger partial charge in [-0.15, -0.1) is 0 Å². The van der Waals surface area contributed by atoms with E-state index in [0.717, 1.165) is 11.1 Å². The number of benzene rings is 1. The number of carbonyl (C=O) groups excluding carboxylic acids is 1. The second-order valence-electron chi connectivity index (χ2n) is 2.77. The van der Waals surface area contributed by atoms with Gasteiger partial charge in [-0.2, -0.15) is 0 Å². The summed E-state index contributed by atoms with van der Waals surface area (Å²) in [6.07, 6.45) is 0. The molecule has 0 fully saturated rings. The number of nitrogens with zero attached hydrogens (tertiary/aromatic N) is 1. The van der Waals surface area contributed by atoms with E-state index in [9.17, 15) is 9.18 Å². The molecule has 0 atom stereocenters. The number of hydroxylamine groups is 2. The molecule has 0 spiro atoms. The monoisotopic (exact) mass is 277 g/mol. The molecule has 0 saturated carbocycles. The third-order valence-electron chi connectivity index (χ3n) is 1.83. The summed E-state index contributed by atoms with van der Waals surface area (Å²) in [6, 6.07) is 2.06. The highest BCUT2D eigenvalue weighted by molar-refractivity contribution is 9.10. The van der Waals surface area contributed by atoms with E-state index in [-0.39, 0.29) is 15.8 Å². The number of amides is 1. The molecule has 1 aromatic rings. The largest absolute Gasteiger partial charge is 0.507 e. The number of hydrogen-bond donors (Lipinski definition) is 1. The molecule has 6 heteroatoms. The van der Waals surface area contributed by atoms with Crippen LogP contribution in [0.5, 0.6) is 5.75 Å². The highest BCUT2D eigenvalue weighted by atomic mass is 79.9. The van der Waals surface area contributed by atoms with Crippen LogP contribution >= 0.6 is 15.9 Å². The zero-order chi connectivity index (χ0) is 11.6. The molecule has 0 heterocycles. The Morgan fingerprint density at radius 1 is 1.60 bits per heavy atom. The number of hydrogen-bond acceptors (Lipinski definition) is 3. The Labute approximate surface area is 94.3 Å². The van der Waals surface area contributed by atoms with Gasteiger partial charge in [0.2, 0.25) is 0 Å². The maximum absolute atomic E-state index is 13.3. The third kappa shape index (κ3) is 2.45. The Morgan fingerprint density at radius 3 is 2.73 bits per heavy atom. The van der Waals surface area contributed by atoms with Crippen molar-refractivity contribution in [3.63, 3.8) is 0 Å². The van der Waals surface area contributed by atoms with Gasteiger partial charge in [0, 0.05) is 13.1 Å². The van der Waals surface area contributed by atoms with Crippen molar-refractivity contribution >= 4 is 21.8 Å². The lowest BCUT2D eigenvalue weighted by Gasteiger charge is -2.14. The van der Waals surface area contributed by atoms with Crippen molar-refractivity contribution in [2.75, 3.05) is 14.2 Å². The van der Waals surface area contributed by atoms with Gasteiger partial charge in [-0.05, 0) is 22.0 Å². The fourth-order valence-corrected chi connectivity index (χ4v) is 1.30. The number of rotatable bonds is 2. The van der Waals surface area contributed by atoms with Gasteiger partial charge in [0.1, 0.15) is 11.6 Å². The molecule has 0 unspecified atom stereocenters. The highest BCUT2D eigenvalue weighted by Crippen LogP contribution is 2.27. The maximum Gasteiger partial charge on any atom is 0.280 e. The summed E-state index contributed by atoms with van der Waals surface area (Å²) in [5.74, 6) is -1.69. The van der Waals surface area contributed by atoms with Crippen molar-refractivity contribution in [2.24, 2.45) is 0 Å². The summed E-state index contributed by atoms with van der Waals surface area (Å²) >= 11 is 2.99. The molecule has 82 valence electrons. The molecule has 0 aliphatic carbocycles. The van der Waals surface area contributed by atoms with E-state index < -0.39 is 11.7 Å². The van der Waals surface area contributed by atoms with Crippen LogP contribution < -0.4 is 0 Å². The minimum Gasteiger partial charge on any atom is -0.507 e. The van der Waals surface area contributed by atoms with Gasteiger partial charge in [-0.25, -0.2) is 9.45 Å². The second-order valence-corrected chi connectivity index (χ2v) is 3.62. The van der Waals surface area contributed by atoms with Gasteiger partial charge in [0.15, 0.2) is 0 Å². The van der Waals surface area contributed by atoms with E-state index in [2.05, 4.69) is 20.8 Å². The predicted molar refractivity (Wildman–Crippen MR) is 54.9 cm³/mol. The summed E-state index contributed by atoms with van der Waals surface area (Å²) in [5, 5.41) is 10.0. The van der Waals surface area contributed by atoms with Crippen LogP contribution in [-0.4, -0.2) is 30.2 Å². The smallest absolute Gasteiger partial charge is 0.280 e. The van der Waals surface area contributed by atoms with E-state index >= 15 is 0 Å². The van der Waals surface area contributed by atoms with Gasteiger partial charge in [-0.3, -0.25) is 9.63 Å². The first kappa shape index (κ1) is 11.9. The maximum atomic E-state index is 13.3. The van der Waals surface area contributed by atoms with Crippen LogP contribution in [0.3, 0.4) is 0 Å². The van der Waals surface area contributed by atoms with Gasteiger partial charge in [0.05, 0.1) is 17.1 Å². The fraction of sp³-hybridized carbons (Fsp3) is 0.222. The van der Waals surface area contributed by atoms with E-state index in [1.54, 1.807) is 0 Å². The second kappa shape index (κ2) is 4.59. The third-order valence-corrected chi connectivity index (χ3v) is 2.46. The SMILES string of the molecule is CON(C)C(=O)c1cc(Br)c(O)cc1F. The molecule has 1 aromatic carbocycles. The molecule has 1 N–H and O–H groups in total. The summed E-state index contributed by atoms with van der Waals surface area (Å²) < 4.78 is 13.5. The predicted octanol–water partition coefficient (Wildman–Crippen LogP) is 1.93. The summed E-state index contributed by atoms with van der Waals surface area (Å²) in [4.78, 5) is 16.1. The number of carbonyl (C=O) groups is 1. The van der Waals surface area contributed by atoms with Crippen molar-refractivity contribution in [3.8, 4) is 5.75 Å². The van der Waals surface area contributed by atoms with Crippen molar-refractivity contribution in [1.29, 1.82) is 0 Å². The number of aromatic hydroxyl groups is 1. The average molecular weight is 278 g/mol. The Hall–Kier alpha value is -1.14. The summed E-state index contributed by atoms with van der Waals surface area (Å²) in [6.45, 7) is 0. The summed E-state index contributed by atoms with van der Waals surface area (Å²) in [7, 11) is 2.66. The van der Waals surface area contributed by atoms with Gasteiger partial charge >= 0.3 is 0 Å². The first-order chi connectivity index (χ1) is 6.97. The Balaban J connectivity index is 3.15. The van der Waals surface area contributed by atoms with Crippen molar-refractivity contribution in [2.45, 2.75) is 0 Å². The first-order valence-corrected chi connectivity index (χ1v) is 4.77. The molecule has 0 aromatic heterocycles. The molecule has 15 heavy (non-hydrogen) atoms. The molecule has 1 amide bonds. The number of phenolic OH excluding ortho intramolecular Hbond substituents is 1. The van der Waals surface area contributed by atoms with Gasteiger partial charge in [0.25, 0.3) is 5.91 Å². The minimum atomic E-state index is -0.801. The van der Waals surface area contributed by atoms with Crippen LogP contribution in [0.4, 0.5) is 4.39 Å². The molecule has 0 aliphatic rings. The lowest BCUT2D eigenvalue weighted by atomic mass is 10.2. The molecule has 1 rings (SSSR count). The lowest BCUT2D eigenvalue weighted by molar-refractivity contribution is -0.0759. The molecule has 0 bridgehead atoms. The minimum absolute atomic E-state index is 0.177. The number of phenols is 1. The highest BCUT2D eigenvalue weighted by Gasteiger charge is 2.18. The molecule has 4 nitrogen and oxygen atoms in total. The molecule has 0 aliphatic heterocycles. The molecule has 0 saturated heterocycles. The van der Waals surface area contributed by atoms with Crippen LogP contribution in [0.1, 0.15) is 10.4 Å². The first-order valence-electron chi connectivity index (χ1n) is 3.97. The van der Waals surface area contributed by atoms with Gasteiger partial charge < -0.3 is 5.11 Å². The zero-order valence-electron chi connectivity index (χ0n) is 8.12. The van der Waals surface area contributed by atoms with Crippen molar-refractivity contribution in [3.05, 3.63) is 28.0 Å². The van der Waals surface area contributed by atoms with Crippen LogP contribution in [0, 0.1) is 5.82 Å². The van der Waals surface area contributed by atoms with E-state index in [1.807, 2.05) is 0 Å². The topological polar surface area (TPSA) is 49.8 Å². The normalized spacial score (nSPS) is 10.1. The van der Waals surface area contributed by atoms with Crippen LogP contribution in [0.25, 0.3) is 0 Å². The Bertz CT molecular complexity index is 397.